The molecule has 7 heteroatoms. The summed E-state index contributed by atoms with van der Waals surface area (Å²) in [6.45, 7) is 6.07. The number of ether oxygens (including phenoxy) is 2. The van der Waals surface area contributed by atoms with Crippen LogP contribution in [0.4, 0.5) is 0 Å². The van der Waals surface area contributed by atoms with E-state index < -0.39 is 0 Å². The number of carbonyl (C=O) groups excluding carboxylic acids is 2. The summed E-state index contributed by atoms with van der Waals surface area (Å²) >= 11 is 1.33. The summed E-state index contributed by atoms with van der Waals surface area (Å²) in [7, 11) is 0. The third-order valence-corrected chi connectivity index (χ3v) is 5.65. The highest BCUT2D eigenvalue weighted by atomic mass is 32.2. The lowest BCUT2D eigenvalue weighted by Crippen LogP contribution is -2.33. The van der Waals surface area contributed by atoms with Crippen molar-refractivity contribution in [2.75, 3.05) is 26.4 Å². The molecule has 1 aromatic heterocycles. The molecule has 0 radical (unpaired) electrons. The number of rotatable bonds is 12. The molecule has 2 amide bonds. The molecular weight excluding hydrogens is 402 g/mol. The summed E-state index contributed by atoms with van der Waals surface area (Å²) in [5.74, 6) is 1.46. The Morgan fingerprint density at radius 1 is 1.03 bits per heavy atom. The van der Waals surface area contributed by atoms with E-state index in [1.54, 1.807) is 6.26 Å². The lowest BCUT2D eigenvalue weighted by Gasteiger charge is -2.15. The molecule has 1 aliphatic heterocycles. The predicted molar refractivity (Wildman–Crippen MR) is 117 cm³/mol. The predicted octanol–water partition coefficient (Wildman–Crippen LogP) is 4.51. The standard InChI is InChI=1S/C23H27NO5S/c1-3-13-28-18-10-8-17(9-11-18)20-21(30-16-19-7-5-15-29-19)23(26)24(22(20)25)12-6-14-27-4-2/h5,7-11,15H,3-4,6,12-14,16H2,1-2H3. The van der Waals surface area contributed by atoms with Crippen molar-refractivity contribution in [3.8, 4) is 5.75 Å². The van der Waals surface area contributed by atoms with E-state index in [1.165, 1.54) is 16.7 Å². The van der Waals surface area contributed by atoms with Crippen molar-refractivity contribution in [3.05, 3.63) is 58.9 Å². The molecule has 6 nitrogen and oxygen atoms in total. The van der Waals surface area contributed by atoms with Gasteiger partial charge in [0.2, 0.25) is 0 Å². The zero-order valence-corrected chi connectivity index (χ0v) is 18.2. The summed E-state index contributed by atoms with van der Waals surface area (Å²) in [6, 6.07) is 11.0. The molecule has 3 rings (SSSR count). The van der Waals surface area contributed by atoms with Gasteiger partial charge in [0.05, 0.1) is 29.1 Å². The van der Waals surface area contributed by atoms with Crippen LogP contribution in [0.3, 0.4) is 0 Å². The Morgan fingerprint density at radius 2 is 1.83 bits per heavy atom. The summed E-state index contributed by atoms with van der Waals surface area (Å²) in [5.41, 5.74) is 1.15. The number of benzene rings is 1. The Kier molecular flexibility index (Phi) is 8.16. The van der Waals surface area contributed by atoms with E-state index in [1.807, 2.05) is 50.2 Å². The highest BCUT2D eigenvalue weighted by molar-refractivity contribution is 8.03. The molecule has 0 fully saturated rings. The lowest BCUT2D eigenvalue weighted by molar-refractivity contribution is -0.136. The minimum Gasteiger partial charge on any atom is -0.494 e. The number of nitrogens with zero attached hydrogens (tertiary/aromatic N) is 1. The number of hydrogen-bond acceptors (Lipinski definition) is 6. The van der Waals surface area contributed by atoms with E-state index in [0.29, 0.717) is 54.6 Å². The molecule has 1 aliphatic rings. The first-order valence-corrected chi connectivity index (χ1v) is 11.2. The molecule has 0 atom stereocenters. The van der Waals surface area contributed by atoms with Gasteiger partial charge in [0.15, 0.2) is 0 Å². The number of hydrogen-bond donors (Lipinski definition) is 0. The first-order valence-electron chi connectivity index (χ1n) is 10.2. The van der Waals surface area contributed by atoms with Crippen molar-refractivity contribution in [1.82, 2.24) is 4.90 Å². The Bertz CT molecular complexity index is 874. The van der Waals surface area contributed by atoms with Crippen LogP contribution in [0.5, 0.6) is 5.75 Å². The average molecular weight is 430 g/mol. The van der Waals surface area contributed by atoms with Gasteiger partial charge in [-0.25, -0.2) is 0 Å². The maximum atomic E-state index is 13.1. The van der Waals surface area contributed by atoms with E-state index in [0.717, 1.165) is 17.9 Å². The van der Waals surface area contributed by atoms with Gasteiger partial charge in [-0.3, -0.25) is 14.5 Å². The fourth-order valence-electron chi connectivity index (χ4n) is 3.09. The molecule has 0 N–H and O–H groups in total. The molecule has 30 heavy (non-hydrogen) atoms. The maximum Gasteiger partial charge on any atom is 0.267 e. The number of thioether (sulfide) groups is 1. The van der Waals surface area contributed by atoms with Crippen molar-refractivity contribution < 1.29 is 23.5 Å². The van der Waals surface area contributed by atoms with Gasteiger partial charge >= 0.3 is 0 Å². The SMILES string of the molecule is CCCOc1ccc(C2=C(SCc3ccco3)C(=O)N(CCCOCC)C2=O)cc1. The molecule has 0 aliphatic carbocycles. The first kappa shape index (κ1) is 22.2. The normalized spacial score (nSPS) is 14.1. The van der Waals surface area contributed by atoms with Crippen molar-refractivity contribution in [3.63, 3.8) is 0 Å². The monoisotopic (exact) mass is 429 g/mol. The minimum atomic E-state index is -0.263. The van der Waals surface area contributed by atoms with E-state index in [-0.39, 0.29) is 11.8 Å². The van der Waals surface area contributed by atoms with Crippen molar-refractivity contribution in [2.24, 2.45) is 0 Å². The topological polar surface area (TPSA) is 69.0 Å². The van der Waals surface area contributed by atoms with E-state index in [9.17, 15) is 9.59 Å². The zero-order chi connectivity index (χ0) is 21.3. The third kappa shape index (κ3) is 5.34. The molecule has 160 valence electrons. The summed E-state index contributed by atoms with van der Waals surface area (Å²) in [5, 5.41) is 0. The zero-order valence-electron chi connectivity index (χ0n) is 17.4. The van der Waals surface area contributed by atoms with E-state index in [4.69, 9.17) is 13.9 Å². The average Bonchev–Trinajstić information content (AvgIpc) is 3.36. The maximum absolute atomic E-state index is 13.1. The molecule has 0 bridgehead atoms. The van der Waals surface area contributed by atoms with Crippen molar-refractivity contribution in [2.45, 2.75) is 32.4 Å². The molecule has 2 heterocycles. The van der Waals surface area contributed by atoms with Crippen LogP contribution in [-0.4, -0.2) is 43.1 Å². The highest BCUT2D eigenvalue weighted by Crippen LogP contribution is 2.38. The van der Waals surface area contributed by atoms with Gasteiger partial charge < -0.3 is 13.9 Å². The second kappa shape index (κ2) is 11.0. The molecule has 0 spiro atoms. The van der Waals surface area contributed by atoms with Crippen LogP contribution in [-0.2, 0) is 20.1 Å². The molecule has 1 aromatic carbocycles. The van der Waals surface area contributed by atoms with Crippen LogP contribution in [0.25, 0.3) is 5.57 Å². The summed E-state index contributed by atoms with van der Waals surface area (Å²) < 4.78 is 16.4. The quantitative estimate of drug-likeness (QED) is 0.365. The van der Waals surface area contributed by atoms with Gasteiger partial charge in [-0.2, -0.15) is 0 Å². The van der Waals surface area contributed by atoms with Gasteiger partial charge in [-0.15, -0.1) is 11.8 Å². The van der Waals surface area contributed by atoms with Gasteiger partial charge in [0.1, 0.15) is 11.5 Å². The fourth-order valence-corrected chi connectivity index (χ4v) is 4.12. The number of furan rings is 1. The van der Waals surface area contributed by atoms with Crippen LogP contribution in [0.1, 0.15) is 38.0 Å². The van der Waals surface area contributed by atoms with Crippen LogP contribution < -0.4 is 4.74 Å². The number of amides is 2. The first-order chi connectivity index (χ1) is 14.7. The van der Waals surface area contributed by atoms with E-state index >= 15 is 0 Å². The molecule has 0 unspecified atom stereocenters. The summed E-state index contributed by atoms with van der Waals surface area (Å²) in [4.78, 5) is 28.0. The van der Waals surface area contributed by atoms with Crippen LogP contribution in [0.2, 0.25) is 0 Å². The van der Waals surface area contributed by atoms with Crippen LogP contribution >= 0.6 is 11.8 Å². The largest absolute Gasteiger partial charge is 0.494 e. The number of imide groups is 1. The van der Waals surface area contributed by atoms with Gasteiger partial charge in [-0.1, -0.05) is 19.1 Å². The summed E-state index contributed by atoms with van der Waals surface area (Å²) in [6.07, 6.45) is 3.13. The Morgan fingerprint density at radius 3 is 2.50 bits per heavy atom. The Labute approximate surface area is 181 Å². The van der Waals surface area contributed by atoms with Crippen molar-refractivity contribution in [1.29, 1.82) is 0 Å². The van der Waals surface area contributed by atoms with Crippen LogP contribution in [0, 0.1) is 0 Å². The second-order valence-corrected chi connectivity index (χ2v) is 7.74. The lowest BCUT2D eigenvalue weighted by atomic mass is 10.1. The Balaban J connectivity index is 1.82. The van der Waals surface area contributed by atoms with Gasteiger partial charge in [0, 0.05) is 19.8 Å². The fraction of sp³-hybridized carbons (Fsp3) is 0.391. The molecular formula is C23H27NO5S. The Hall–Kier alpha value is -2.51. The molecule has 2 aromatic rings. The van der Waals surface area contributed by atoms with Gasteiger partial charge in [0.25, 0.3) is 11.8 Å². The van der Waals surface area contributed by atoms with E-state index in [2.05, 4.69) is 0 Å². The molecule has 0 saturated carbocycles. The highest BCUT2D eigenvalue weighted by Gasteiger charge is 2.38. The second-order valence-electron chi connectivity index (χ2n) is 6.76. The minimum absolute atomic E-state index is 0.255. The van der Waals surface area contributed by atoms with Crippen LogP contribution in [0.15, 0.2) is 52.0 Å². The van der Waals surface area contributed by atoms with Crippen molar-refractivity contribution >= 4 is 29.1 Å². The molecule has 0 saturated heterocycles. The third-order valence-electron chi connectivity index (χ3n) is 4.55. The smallest absolute Gasteiger partial charge is 0.267 e. The van der Waals surface area contributed by atoms with Gasteiger partial charge in [-0.05, 0) is 49.6 Å². The number of carbonyl (C=O) groups is 2.